The summed E-state index contributed by atoms with van der Waals surface area (Å²) in [6.45, 7) is 5.89. The first kappa shape index (κ1) is 15.4. The molecule has 5 heteroatoms. The molecule has 2 rings (SSSR count). The van der Waals surface area contributed by atoms with Crippen LogP contribution in [0.15, 0.2) is 24.5 Å². The highest BCUT2D eigenvalue weighted by Gasteiger charge is 2.14. The molecule has 2 N–H and O–H groups in total. The van der Waals surface area contributed by atoms with Crippen LogP contribution in [-0.4, -0.2) is 67.0 Å². The molecule has 1 aromatic heterocycles. The predicted molar refractivity (Wildman–Crippen MR) is 78.7 cm³/mol. The maximum Gasteiger partial charge on any atom is 0.0900 e. The lowest BCUT2D eigenvalue weighted by Crippen LogP contribution is -2.47. The maximum absolute atomic E-state index is 9.92. The van der Waals surface area contributed by atoms with Crippen molar-refractivity contribution >= 4 is 0 Å². The lowest BCUT2D eigenvalue weighted by molar-refractivity contribution is 0.0142. The number of aryl methyl sites for hydroxylation is 1. The van der Waals surface area contributed by atoms with Crippen molar-refractivity contribution in [1.82, 2.24) is 15.2 Å². The Morgan fingerprint density at radius 2 is 2.05 bits per heavy atom. The SMILES string of the molecule is OC(COCCCc1ccncc1)CN1CCNCC1. The fraction of sp³-hybridized carbons (Fsp3) is 0.667. The largest absolute Gasteiger partial charge is 0.389 e. The van der Waals surface area contributed by atoms with E-state index in [9.17, 15) is 5.11 Å². The molecule has 5 nitrogen and oxygen atoms in total. The van der Waals surface area contributed by atoms with Gasteiger partial charge in [0.2, 0.25) is 0 Å². The van der Waals surface area contributed by atoms with Crippen molar-refractivity contribution in [2.24, 2.45) is 0 Å². The minimum atomic E-state index is -0.381. The van der Waals surface area contributed by atoms with Crippen molar-refractivity contribution in [3.05, 3.63) is 30.1 Å². The van der Waals surface area contributed by atoms with Gasteiger partial charge < -0.3 is 15.2 Å². The van der Waals surface area contributed by atoms with Gasteiger partial charge >= 0.3 is 0 Å². The number of aliphatic hydroxyl groups is 1. The molecule has 20 heavy (non-hydrogen) atoms. The molecule has 0 spiro atoms. The molecule has 1 atom stereocenters. The first-order chi connectivity index (χ1) is 9.84. The van der Waals surface area contributed by atoms with Crippen LogP contribution in [0.1, 0.15) is 12.0 Å². The van der Waals surface area contributed by atoms with Crippen molar-refractivity contribution in [3.63, 3.8) is 0 Å². The van der Waals surface area contributed by atoms with Crippen molar-refractivity contribution in [2.45, 2.75) is 18.9 Å². The van der Waals surface area contributed by atoms with Gasteiger partial charge in [-0.1, -0.05) is 0 Å². The molecule has 1 saturated heterocycles. The number of rotatable bonds is 8. The summed E-state index contributed by atoms with van der Waals surface area (Å²) >= 11 is 0. The van der Waals surface area contributed by atoms with Crippen molar-refractivity contribution in [1.29, 1.82) is 0 Å². The summed E-state index contributed by atoms with van der Waals surface area (Å²) in [6.07, 6.45) is 5.22. The topological polar surface area (TPSA) is 57.6 Å². The molecule has 0 radical (unpaired) electrons. The minimum Gasteiger partial charge on any atom is -0.389 e. The summed E-state index contributed by atoms with van der Waals surface area (Å²) in [5.41, 5.74) is 1.28. The summed E-state index contributed by atoms with van der Waals surface area (Å²) in [7, 11) is 0. The van der Waals surface area contributed by atoms with Crippen LogP contribution in [0.25, 0.3) is 0 Å². The van der Waals surface area contributed by atoms with Crippen molar-refractivity contribution < 1.29 is 9.84 Å². The zero-order valence-electron chi connectivity index (χ0n) is 12.0. The molecule has 1 fully saturated rings. The number of nitrogens with zero attached hydrogens (tertiary/aromatic N) is 2. The molecule has 1 aliphatic rings. The van der Waals surface area contributed by atoms with Gasteiger partial charge in [-0.2, -0.15) is 0 Å². The maximum atomic E-state index is 9.92. The number of hydrogen-bond acceptors (Lipinski definition) is 5. The second-order valence-corrected chi connectivity index (χ2v) is 5.24. The number of hydrogen-bond donors (Lipinski definition) is 2. The van der Waals surface area contributed by atoms with Crippen molar-refractivity contribution in [3.8, 4) is 0 Å². The quantitative estimate of drug-likeness (QED) is 0.670. The van der Waals surface area contributed by atoms with E-state index in [4.69, 9.17) is 4.74 Å². The molecule has 112 valence electrons. The van der Waals surface area contributed by atoms with E-state index in [0.717, 1.165) is 39.0 Å². The van der Waals surface area contributed by atoms with Gasteiger partial charge in [0.25, 0.3) is 0 Å². The summed E-state index contributed by atoms with van der Waals surface area (Å²) in [5.74, 6) is 0. The highest BCUT2D eigenvalue weighted by Crippen LogP contribution is 2.01. The van der Waals surface area contributed by atoms with Gasteiger partial charge in [0, 0.05) is 51.7 Å². The van der Waals surface area contributed by atoms with E-state index in [-0.39, 0.29) is 6.10 Å². The third kappa shape index (κ3) is 5.96. The normalized spacial score (nSPS) is 18.1. The molecule has 0 bridgehead atoms. The first-order valence-electron chi connectivity index (χ1n) is 7.42. The average Bonchev–Trinajstić information content (AvgIpc) is 2.49. The fourth-order valence-corrected chi connectivity index (χ4v) is 2.39. The van der Waals surface area contributed by atoms with Gasteiger partial charge in [0.15, 0.2) is 0 Å². The standard InChI is InChI=1S/C15H25N3O2/c19-15(12-18-9-7-17-8-10-18)13-20-11-1-2-14-3-5-16-6-4-14/h3-6,15,17,19H,1-2,7-13H2. The molecule has 0 saturated carbocycles. The van der Waals surface area contributed by atoms with E-state index >= 15 is 0 Å². The Morgan fingerprint density at radius 3 is 2.80 bits per heavy atom. The number of nitrogens with one attached hydrogen (secondary N) is 1. The van der Waals surface area contributed by atoms with Crippen LogP contribution in [0.2, 0.25) is 0 Å². The van der Waals surface area contributed by atoms with Crippen LogP contribution in [0.4, 0.5) is 0 Å². The van der Waals surface area contributed by atoms with Crippen LogP contribution < -0.4 is 5.32 Å². The van der Waals surface area contributed by atoms with Crippen LogP contribution in [0.3, 0.4) is 0 Å². The predicted octanol–water partition coefficient (Wildman–Crippen LogP) is 0.297. The van der Waals surface area contributed by atoms with Gasteiger partial charge in [-0.05, 0) is 30.5 Å². The second-order valence-electron chi connectivity index (χ2n) is 5.24. The molecular weight excluding hydrogens is 254 g/mol. The van der Waals surface area contributed by atoms with Gasteiger partial charge in [-0.3, -0.25) is 9.88 Å². The number of aromatic nitrogens is 1. The highest BCUT2D eigenvalue weighted by atomic mass is 16.5. The Kier molecular flexibility index (Phi) is 6.94. The molecular formula is C15H25N3O2. The van der Waals surface area contributed by atoms with Gasteiger partial charge in [0.1, 0.15) is 0 Å². The summed E-state index contributed by atoms with van der Waals surface area (Å²) < 4.78 is 5.55. The monoisotopic (exact) mass is 279 g/mol. The molecule has 2 heterocycles. The summed E-state index contributed by atoms with van der Waals surface area (Å²) in [6, 6.07) is 4.05. The molecule has 1 aromatic rings. The number of β-amino-alcohol motifs (C(OH)–C–C–N with tert-alkyl or cyclic N) is 1. The Bertz CT molecular complexity index is 355. The number of piperazine rings is 1. The highest BCUT2D eigenvalue weighted by molar-refractivity contribution is 5.09. The molecule has 0 aliphatic carbocycles. The summed E-state index contributed by atoms with van der Waals surface area (Å²) in [5, 5.41) is 13.2. The molecule has 1 aliphatic heterocycles. The lowest BCUT2D eigenvalue weighted by atomic mass is 10.1. The van der Waals surface area contributed by atoms with Crippen LogP contribution in [-0.2, 0) is 11.2 Å². The van der Waals surface area contributed by atoms with E-state index in [1.165, 1.54) is 5.56 Å². The second kappa shape index (κ2) is 9.02. The first-order valence-corrected chi connectivity index (χ1v) is 7.42. The van der Waals surface area contributed by atoms with E-state index < -0.39 is 0 Å². The average molecular weight is 279 g/mol. The molecule has 1 unspecified atom stereocenters. The van der Waals surface area contributed by atoms with Crippen LogP contribution >= 0.6 is 0 Å². The summed E-state index contributed by atoms with van der Waals surface area (Å²) in [4.78, 5) is 6.27. The van der Waals surface area contributed by atoms with E-state index in [0.29, 0.717) is 19.8 Å². The van der Waals surface area contributed by atoms with Crippen LogP contribution in [0.5, 0.6) is 0 Å². The Labute approximate surface area is 121 Å². The van der Waals surface area contributed by atoms with Crippen LogP contribution in [0, 0.1) is 0 Å². The number of ether oxygens (including phenoxy) is 1. The Balaban J connectivity index is 1.50. The van der Waals surface area contributed by atoms with Gasteiger partial charge in [0.05, 0.1) is 12.7 Å². The fourth-order valence-electron chi connectivity index (χ4n) is 2.39. The third-order valence-corrected chi connectivity index (χ3v) is 3.49. The van der Waals surface area contributed by atoms with Gasteiger partial charge in [-0.15, -0.1) is 0 Å². The van der Waals surface area contributed by atoms with Crippen molar-refractivity contribution in [2.75, 3.05) is 45.9 Å². The van der Waals surface area contributed by atoms with E-state index in [1.807, 2.05) is 24.5 Å². The Morgan fingerprint density at radius 1 is 1.30 bits per heavy atom. The minimum absolute atomic E-state index is 0.381. The zero-order chi connectivity index (χ0) is 14.0. The zero-order valence-corrected chi connectivity index (χ0v) is 12.0. The smallest absolute Gasteiger partial charge is 0.0900 e. The number of aliphatic hydroxyl groups excluding tert-OH is 1. The van der Waals surface area contributed by atoms with E-state index in [1.54, 1.807) is 0 Å². The number of pyridine rings is 1. The Hall–Kier alpha value is -1.01. The van der Waals surface area contributed by atoms with Gasteiger partial charge in [-0.25, -0.2) is 0 Å². The van der Waals surface area contributed by atoms with E-state index in [2.05, 4.69) is 15.2 Å². The lowest BCUT2D eigenvalue weighted by Gasteiger charge is -2.28. The molecule has 0 amide bonds. The molecule has 0 aromatic carbocycles. The third-order valence-electron chi connectivity index (χ3n) is 3.49.